The zero-order valence-electron chi connectivity index (χ0n) is 19.5. The number of nitrogens with zero attached hydrogens (tertiary/aromatic N) is 1. The van der Waals surface area contributed by atoms with E-state index < -0.39 is 0 Å². The van der Waals surface area contributed by atoms with Gasteiger partial charge in [-0.2, -0.15) is 0 Å². The molecule has 1 aliphatic carbocycles. The average molecular weight is 452 g/mol. The van der Waals surface area contributed by atoms with Crippen molar-refractivity contribution in [3.63, 3.8) is 0 Å². The maximum Gasteiger partial charge on any atom is 0.231 e. The highest BCUT2D eigenvalue weighted by Gasteiger charge is 2.35. The van der Waals surface area contributed by atoms with Crippen LogP contribution in [0.25, 0.3) is 6.08 Å². The van der Waals surface area contributed by atoms with Gasteiger partial charge >= 0.3 is 0 Å². The molecule has 0 amide bonds. The number of hydrogen-bond acceptors (Lipinski definition) is 7. The number of Topliss-reactive ketones (excluding diaryl/α,β-unsaturated/α-hetero) is 1. The lowest BCUT2D eigenvalue weighted by molar-refractivity contribution is 0.0570. The molecular weight excluding hydrogens is 422 g/mol. The molecular formula is C26H29NO6. The Balaban J connectivity index is 1.47. The first kappa shape index (κ1) is 21.6. The lowest BCUT2D eigenvalue weighted by atomic mass is 9.99. The zero-order chi connectivity index (χ0) is 23.1. The third-order valence-electron chi connectivity index (χ3n) is 6.79. The monoisotopic (exact) mass is 451 g/mol. The maximum atomic E-state index is 13.3. The minimum absolute atomic E-state index is 0.136. The van der Waals surface area contributed by atoms with Crippen LogP contribution < -0.4 is 23.7 Å². The molecule has 33 heavy (non-hydrogen) atoms. The average Bonchev–Trinajstić information content (AvgIpc) is 3.48. The van der Waals surface area contributed by atoms with E-state index in [1.807, 2.05) is 13.0 Å². The summed E-state index contributed by atoms with van der Waals surface area (Å²) < 4.78 is 28.4. The number of ketones is 1. The van der Waals surface area contributed by atoms with Gasteiger partial charge in [0.2, 0.25) is 11.5 Å². The molecule has 0 N–H and O–H groups in total. The first-order chi connectivity index (χ1) is 16.0. The third kappa shape index (κ3) is 3.70. The highest BCUT2D eigenvalue weighted by molar-refractivity contribution is 6.15. The predicted molar refractivity (Wildman–Crippen MR) is 124 cm³/mol. The molecule has 2 heterocycles. The van der Waals surface area contributed by atoms with Gasteiger partial charge < -0.3 is 23.7 Å². The van der Waals surface area contributed by atoms with Crippen molar-refractivity contribution in [3.05, 3.63) is 46.2 Å². The molecule has 0 saturated heterocycles. The van der Waals surface area contributed by atoms with Crippen LogP contribution in [0.3, 0.4) is 0 Å². The normalized spacial score (nSPS) is 19.2. The fourth-order valence-electron chi connectivity index (χ4n) is 5.11. The van der Waals surface area contributed by atoms with Crippen LogP contribution in [0.4, 0.5) is 0 Å². The molecule has 1 fully saturated rings. The lowest BCUT2D eigenvalue weighted by Crippen LogP contribution is -2.39. The molecule has 5 rings (SSSR count). The Morgan fingerprint density at radius 1 is 1.00 bits per heavy atom. The van der Waals surface area contributed by atoms with Crippen LogP contribution in [0, 0.1) is 6.92 Å². The molecule has 0 radical (unpaired) electrons. The Labute approximate surface area is 193 Å². The molecule has 0 atom stereocenters. The standard InChI is InChI=1S/C26H29NO6/c1-15-24-17(13-27(14-32-24)18-7-5-6-8-18)12-19-23(28)20(33-25(15)19)9-16-10-21(29-2)26(31-4)22(11-16)30-3/h9-12,18H,5-8,13-14H2,1-4H3/b20-9-. The van der Waals surface area contributed by atoms with E-state index in [-0.39, 0.29) is 11.5 Å². The second-order valence-corrected chi connectivity index (χ2v) is 8.72. The molecule has 7 heteroatoms. The number of carbonyl (C=O) groups is 1. The van der Waals surface area contributed by atoms with Crippen molar-refractivity contribution in [2.45, 2.75) is 45.2 Å². The molecule has 1 saturated carbocycles. The summed E-state index contributed by atoms with van der Waals surface area (Å²) in [5.74, 6) is 3.06. The van der Waals surface area contributed by atoms with Gasteiger partial charge in [-0.1, -0.05) is 12.8 Å². The van der Waals surface area contributed by atoms with Crippen molar-refractivity contribution in [1.82, 2.24) is 4.90 Å². The van der Waals surface area contributed by atoms with Gasteiger partial charge in [-0.05, 0) is 49.6 Å². The lowest BCUT2D eigenvalue weighted by Gasteiger charge is -2.34. The Hall–Kier alpha value is -3.19. The number of rotatable bonds is 5. The molecule has 3 aliphatic rings. The van der Waals surface area contributed by atoms with Crippen molar-refractivity contribution in [2.75, 3.05) is 28.1 Å². The number of hydrogen-bond donors (Lipinski definition) is 0. The molecule has 0 spiro atoms. The van der Waals surface area contributed by atoms with Gasteiger partial charge in [0.05, 0.1) is 26.9 Å². The van der Waals surface area contributed by atoms with Crippen LogP contribution in [0.5, 0.6) is 28.7 Å². The van der Waals surface area contributed by atoms with Crippen molar-refractivity contribution in [1.29, 1.82) is 0 Å². The van der Waals surface area contributed by atoms with Gasteiger partial charge in [-0.25, -0.2) is 0 Å². The highest BCUT2D eigenvalue weighted by atomic mass is 16.5. The minimum Gasteiger partial charge on any atom is -0.493 e. The van der Waals surface area contributed by atoms with Gasteiger partial charge in [0.1, 0.15) is 18.2 Å². The van der Waals surface area contributed by atoms with Crippen LogP contribution in [0.1, 0.15) is 52.7 Å². The fourth-order valence-corrected chi connectivity index (χ4v) is 5.11. The largest absolute Gasteiger partial charge is 0.493 e. The number of methoxy groups -OCH3 is 3. The second kappa shape index (κ2) is 8.63. The number of fused-ring (bicyclic) bond motifs is 2. The third-order valence-corrected chi connectivity index (χ3v) is 6.79. The first-order valence-electron chi connectivity index (χ1n) is 11.3. The summed E-state index contributed by atoms with van der Waals surface area (Å²) in [4.78, 5) is 15.7. The molecule has 2 aliphatic heterocycles. The SMILES string of the molecule is COc1cc(/C=C2\Oc3c(cc4c(c3C)OCN(C3CCCC3)C4)C2=O)cc(OC)c1OC. The summed E-state index contributed by atoms with van der Waals surface area (Å²) in [6.07, 6.45) is 6.69. The van der Waals surface area contributed by atoms with Crippen LogP contribution in [0.2, 0.25) is 0 Å². The molecule has 174 valence electrons. The van der Waals surface area contributed by atoms with Gasteiger partial charge in [0, 0.05) is 23.7 Å². The molecule has 2 aromatic rings. The Kier molecular flexibility index (Phi) is 5.66. The van der Waals surface area contributed by atoms with Gasteiger partial charge in [-0.3, -0.25) is 9.69 Å². The number of allylic oxidation sites excluding steroid dienone is 1. The zero-order valence-corrected chi connectivity index (χ0v) is 19.5. The van der Waals surface area contributed by atoms with E-state index in [2.05, 4.69) is 4.90 Å². The van der Waals surface area contributed by atoms with E-state index in [1.165, 1.54) is 25.7 Å². The summed E-state index contributed by atoms with van der Waals surface area (Å²) in [6, 6.07) is 6.08. The Bertz CT molecular complexity index is 1110. The van der Waals surface area contributed by atoms with Crippen LogP contribution in [0.15, 0.2) is 24.0 Å². The van der Waals surface area contributed by atoms with Crippen LogP contribution >= 0.6 is 0 Å². The number of ether oxygens (including phenoxy) is 5. The van der Waals surface area contributed by atoms with E-state index in [4.69, 9.17) is 23.7 Å². The minimum atomic E-state index is -0.136. The van der Waals surface area contributed by atoms with E-state index in [0.29, 0.717) is 46.9 Å². The molecule has 2 aromatic carbocycles. The molecule has 7 nitrogen and oxygen atoms in total. The van der Waals surface area contributed by atoms with Crippen molar-refractivity contribution in [3.8, 4) is 28.7 Å². The van der Waals surface area contributed by atoms with Crippen molar-refractivity contribution in [2.24, 2.45) is 0 Å². The summed E-state index contributed by atoms with van der Waals surface area (Å²) in [5, 5.41) is 0. The van der Waals surface area contributed by atoms with Crippen LogP contribution in [-0.2, 0) is 6.54 Å². The van der Waals surface area contributed by atoms with E-state index in [0.717, 1.165) is 23.4 Å². The summed E-state index contributed by atoms with van der Waals surface area (Å²) in [6.45, 7) is 3.34. The summed E-state index contributed by atoms with van der Waals surface area (Å²) >= 11 is 0. The maximum absolute atomic E-state index is 13.3. The quantitative estimate of drug-likeness (QED) is 0.609. The second-order valence-electron chi connectivity index (χ2n) is 8.72. The highest BCUT2D eigenvalue weighted by Crippen LogP contribution is 2.45. The van der Waals surface area contributed by atoms with Gasteiger partial charge in [0.15, 0.2) is 17.3 Å². The first-order valence-corrected chi connectivity index (χ1v) is 11.3. The molecule has 0 unspecified atom stereocenters. The van der Waals surface area contributed by atoms with Crippen molar-refractivity contribution < 1.29 is 28.5 Å². The van der Waals surface area contributed by atoms with Crippen LogP contribution in [-0.4, -0.2) is 44.8 Å². The van der Waals surface area contributed by atoms with E-state index in [1.54, 1.807) is 39.5 Å². The Morgan fingerprint density at radius 3 is 2.33 bits per heavy atom. The fraction of sp³-hybridized carbons (Fsp3) is 0.423. The predicted octanol–water partition coefficient (Wildman–Crippen LogP) is 4.73. The summed E-state index contributed by atoms with van der Waals surface area (Å²) in [5.41, 5.74) is 3.22. The number of carbonyl (C=O) groups excluding carboxylic acids is 1. The van der Waals surface area contributed by atoms with E-state index in [9.17, 15) is 4.79 Å². The molecule has 0 aromatic heterocycles. The Morgan fingerprint density at radius 2 is 1.70 bits per heavy atom. The topological polar surface area (TPSA) is 66.5 Å². The number of benzene rings is 2. The van der Waals surface area contributed by atoms with E-state index >= 15 is 0 Å². The van der Waals surface area contributed by atoms with Gasteiger partial charge in [0.25, 0.3) is 0 Å². The summed E-state index contributed by atoms with van der Waals surface area (Å²) in [7, 11) is 4.67. The smallest absolute Gasteiger partial charge is 0.231 e. The van der Waals surface area contributed by atoms with Gasteiger partial charge in [-0.15, -0.1) is 0 Å². The molecule has 0 bridgehead atoms. The van der Waals surface area contributed by atoms with Crippen molar-refractivity contribution >= 4 is 11.9 Å².